The summed E-state index contributed by atoms with van der Waals surface area (Å²) in [5.74, 6) is 0.654. The smallest absolute Gasteiger partial charge is 0.269 e. The molecule has 0 bridgehead atoms. The highest BCUT2D eigenvalue weighted by molar-refractivity contribution is 8.13. The van der Waals surface area contributed by atoms with Gasteiger partial charge in [-0.1, -0.05) is 25.6 Å². The molecule has 0 fully saturated rings. The number of amidine groups is 1. The van der Waals surface area contributed by atoms with Crippen molar-refractivity contribution in [1.82, 2.24) is 4.90 Å². The van der Waals surface area contributed by atoms with Gasteiger partial charge in [0.1, 0.15) is 0 Å². The van der Waals surface area contributed by atoms with E-state index in [4.69, 9.17) is 0 Å². The van der Waals surface area contributed by atoms with Crippen molar-refractivity contribution in [2.45, 2.75) is 31.2 Å². The monoisotopic (exact) mass is 293 g/mol. The second-order valence-electron chi connectivity index (χ2n) is 5.37. The Morgan fingerprint density at radius 3 is 2.65 bits per heavy atom. The van der Waals surface area contributed by atoms with Crippen LogP contribution < -0.4 is 0 Å². The van der Waals surface area contributed by atoms with E-state index >= 15 is 0 Å². The van der Waals surface area contributed by atoms with Crippen molar-refractivity contribution in [1.29, 1.82) is 0 Å². The lowest BCUT2D eigenvalue weighted by molar-refractivity contribution is -0.384. The Morgan fingerprint density at radius 2 is 2.10 bits per heavy atom. The predicted octanol–water partition coefficient (Wildman–Crippen LogP) is 3.40. The number of nitrogens with zero attached hydrogens (tertiary/aromatic N) is 3. The van der Waals surface area contributed by atoms with Crippen LogP contribution in [-0.4, -0.2) is 34.6 Å². The summed E-state index contributed by atoms with van der Waals surface area (Å²) in [5.41, 5.74) is 0.119. The molecule has 1 aliphatic rings. The summed E-state index contributed by atoms with van der Waals surface area (Å²) in [7, 11) is 2.07. The molecule has 0 aliphatic carbocycles. The molecule has 5 nitrogen and oxygen atoms in total. The van der Waals surface area contributed by atoms with Crippen LogP contribution in [0.15, 0.2) is 34.2 Å². The molecular weight excluding hydrogens is 274 g/mol. The Morgan fingerprint density at radius 1 is 1.45 bits per heavy atom. The molecule has 108 valence electrons. The summed E-state index contributed by atoms with van der Waals surface area (Å²) in [6.07, 6.45) is 1.13. The zero-order chi connectivity index (χ0) is 14.7. The van der Waals surface area contributed by atoms with E-state index in [0.29, 0.717) is 12.0 Å². The van der Waals surface area contributed by atoms with Crippen LogP contribution in [0.1, 0.15) is 20.3 Å². The maximum Gasteiger partial charge on any atom is 0.269 e. The van der Waals surface area contributed by atoms with E-state index in [1.807, 2.05) is 0 Å². The molecular formula is C14H19N3O2S. The van der Waals surface area contributed by atoms with Crippen LogP contribution in [0.5, 0.6) is 0 Å². The molecule has 1 heterocycles. The van der Waals surface area contributed by atoms with E-state index < -0.39 is 0 Å². The number of rotatable bonds is 4. The maximum atomic E-state index is 10.6. The second-order valence-corrected chi connectivity index (χ2v) is 6.41. The molecule has 1 aromatic carbocycles. The lowest BCUT2D eigenvalue weighted by atomic mass is 10.0. The summed E-state index contributed by atoms with van der Waals surface area (Å²) < 4.78 is 0. The molecule has 1 aliphatic heterocycles. The first kappa shape index (κ1) is 14.8. The van der Waals surface area contributed by atoms with Gasteiger partial charge in [0.2, 0.25) is 0 Å². The largest absolute Gasteiger partial charge is 0.349 e. The van der Waals surface area contributed by atoms with E-state index in [9.17, 15) is 10.1 Å². The zero-order valence-electron chi connectivity index (χ0n) is 11.9. The topological polar surface area (TPSA) is 58.7 Å². The molecule has 0 spiro atoms. The Labute approximate surface area is 123 Å². The van der Waals surface area contributed by atoms with Gasteiger partial charge in [0.05, 0.1) is 17.5 Å². The van der Waals surface area contributed by atoms with Gasteiger partial charge >= 0.3 is 0 Å². The van der Waals surface area contributed by atoms with Crippen molar-refractivity contribution < 1.29 is 4.92 Å². The van der Waals surface area contributed by atoms with Crippen LogP contribution in [0.25, 0.3) is 0 Å². The number of benzene rings is 1. The van der Waals surface area contributed by atoms with Crippen molar-refractivity contribution in [2.75, 3.05) is 13.6 Å². The molecule has 0 saturated heterocycles. The minimum absolute atomic E-state index is 0.119. The van der Waals surface area contributed by atoms with Crippen LogP contribution in [0.2, 0.25) is 0 Å². The van der Waals surface area contributed by atoms with Crippen LogP contribution >= 0.6 is 11.8 Å². The number of nitro benzene ring substituents is 1. The Kier molecular flexibility index (Phi) is 4.65. The third kappa shape index (κ3) is 3.50. The van der Waals surface area contributed by atoms with E-state index in [1.54, 1.807) is 23.9 Å². The van der Waals surface area contributed by atoms with Crippen LogP contribution in [0.3, 0.4) is 0 Å². The van der Waals surface area contributed by atoms with Gasteiger partial charge in [-0.2, -0.15) is 0 Å². The fraction of sp³-hybridized carbons (Fsp3) is 0.500. The number of nitro groups is 1. The first-order valence-corrected chi connectivity index (χ1v) is 7.48. The fourth-order valence-electron chi connectivity index (χ4n) is 2.20. The minimum atomic E-state index is -0.383. The molecule has 1 atom stereocenters. The minimum Gasteiger partial charge on any atom is -0.349 e. The molecule has 20 heavy (non-hydrogen) atoms. The SMILES string of the molecule is CC(C)CC1CN=C(Sc2ccc([N+](=O)[O-])cc2)N1C. The van der Waals surface area contributed by atoms with E-state index in [1.165, 1.54) is 12.1 Å². The van der Waals surface area contributed by atoms with Crippen LogP contribution in [-0.2, 0) is 0 Å². The second kappa shape index (κ2) is 6.26. The molecule has 1 unspecified atom stereocenters. The van der Waals surface area contributed by atoms with E-state index in [0.717, 1.165) is 23.0 Å². The summed E-state index contributed by atoms with van der Waals surface area (Å²) >= 11 is 1.56. The third-order valence-electron chi connectivity index (χ3n) is 3.29. The van der Waals surface area contributed by atoms with Gasteiger partial charge in [0.15, 0.2) is 5.17 Å². The first-order chi connectivity index (χ1) is 9.47. The summed E-state index contributed by atoms with van der Waals surface area (Å²) in [6, 6.07) is 7.08. The summed E-state index contributed by atoms with van der Waals surface area (Å²) in [4.78, 5) is 18.0. The van der Waals surface area contributed by atoms with Crippen LogP contribution in [0, 0.1) is 16.0 Å². The first-order valence-electron chi connectivity index (χ1n) is 6.67. The highest BCUT2D eigenvalue weighted by Crippen LogP contribution is 2.28. The maximum absolute atomic E-state index is 10.6. The quantitative estimate of drug-likeness (QED) is 0.630. The third-order valence-corrected chi connectivity index (χ3v) is 4.39. The molecule has 2 rings (SSSR count). The van der Waals surface area contributed by atoms with Crippen molar-refractivity contribution >= 4 is 22.6 Å². The number of hydrogen-bond donors (Lipinski definition) is 0. The molecule has 0 radical (unpaired) electrons. The Hall–Kier alpha value is -1.56. The number of hydrogen-bond acceptors (Lipinski definition) is 5. The molecule has 0 amide bonds. The van der Waals surface area contributed by atoms with Crippen LogP contribution in [0.4, 0.5) is 5.69 Å². The van der Waals surface area contributed by atoms with E-state index in [2.05, 4.69) is 30.8 Å². The molecule has 0 saturated carbocycles. The molecule has 0 aromatic heterocycles. The number of aliphatic imine (C=N–C) groups is 1. The highest BCUT2D eigenvalue weighted by Gasteiger charge is 2.25. The van der Waals surface area contributed by atoms with Gasteiger partial charge < -0.3 is 4.90 Å². The van der Waals surface area contributed by atoms with E-state index in [-0.39, 0.29) is 10.6 Å². The molecule has 1 aromatic rings. The number of likely N-dealkylation sites (N-methyl/N-ethyl adjacent to an activating group) is 1. The summed E-state index contributed by atoms with van der Waals surface area (Å²) in [6.45, 7) is 5.27. The standard InChI is InChI=1S/C14H19N3O2S/c1-10(2)8-12-9-15-14(16(12)3)20-13-6-4-11(5-7-13)17(18)19/h4-7,10,12H,8-9H2,1-3H3. The van der Waals surface area contributed by atoms with Gasteiger partial charge in [0.25, 0.3) is 5.69 Å². The normalized spacial score (nSPS) is 18.5. The van der Waals surface area contributed by atoms with Gasteiger partial charge in [-0.3, -0.25) is 15.1 Å². The van der Waals surface area contributed by atoms with Crippen molar-refractivity contribution in [2.24, 2.45) is 10.9 Å². The fourth-order valence-corrected chi connectivity index (χ4v) is 3.11. The highest BCUT2D eigenvalue weighted by atomic mass is 32.2. The molecule has 0 N–H and O–H groups in total. The van der Waals surface area contributed by atoms with Gasteiger partial charge in [-0.05, 0) is 24.5 Å². The Bertz CT molecular complexity index is 514. The predicted molar refractivity (Wildman–Crippen MR) is 82.3 cm³/mol. The van der Waals surface area contributed by atoms with Gasteiger partial charge in [-0.15, -0.1) is 0 Å². The van der Waals surface area contributed by atoms with Crippen molar-refractivity contribution in [3.8, 4) is 0 Å². The Balaban J connectivity index is 1.99. The summed E-state index contributed by atoms with van der Waals surface area (Å²) in [5, 5.41) is 11.6. The number of non-ortho nitro benzene ring substituents is 1. The zero-order valence-corrected chi connectivity index (χ0v) is 12.8. The lowest BCUT2D eigenvalue weighted by Crippen LogP contribution is -2.32. The van der Waals surface area contributed by atoms with Gasteiger partial charge in [-0.25, -0.2) is 0 Å². The van der Waals surface area contributed by atoms with Crippen molar-refractivity contribution in [3.63, 3.8) is 0 Å². The van der Waals surface area contributed by atoms with Gasteiger partial charge in [0, 0.05) is 24.1 Å². The number of thioether (sulfide) groups is 1. The average Bonchev–Trinajstić information content (AvgIpc) is 2.71. The van der Waals surface area contributed by atoms with Crippen molar-refractivity contribution in [3.05, 3.63) is 34.4 Å². The lowest BCUT2D eigenvalue weighted by Gasteiger charge is -2.24. The average molecular weight is 293 g/mol. The molecule has 6 heteroatoms.